The van der Waals surface area contributed by atoms with Crippen molar-refractivity contribution >= 4 is 22.8 Å². The van der Waals surface area contributed by atoms with Gasteiger partial charge in [-0.15, -0.1) is 10.2 Å². The van der Waals surface area contributed by atoms with E-state index < -0.39 is 0 Å². The van der Waals surface area contributed by atoms with Crippen LogP contribution < -0.4 is 5.56 Å². The first kappa shape index (κ1) is 12.9. The van der Waals surface area contributed by atoms with E-state index in [1.807, 2.05) is 30.5 Å². The summed E-state index contributed by atoms with van der Waals surface area (Å²) >= 11 is 1.37. The van der Waals surface area contributed by atoms with Crippen molar-refractivity contribution in [2.45, 2.75) is 18.7 Å². The number of rotatable bonds is 3. The van der Waals surface area contributed by atoms with Gasteiger partial charge in [-0.05, 0) is 25.3 Å². The molecule has 0 amide bonds. The fourth-order valence-electron chi connectivity index (χ4n) is 2.00. The maximum atomic E-state index is 12.3. The molecule has 0 unspecified atom stereocenters. The second-order valence-corrected chi connectivity index (χ2v) is 5.00. The molecule has 0 aliphatic carbocycles. The van der Waals surface area contributed by atoms with Crippen LogP contribution in [0, 0.1) is 6.92 Å². The summed E-state index contributed by atoms with van der Waals surface area (Å²) in [4.78, 5) is 16.6. The van der Waals surface area contributed by atoms with Gasteiger partial charge in [0.2, 0.25) is 5.89 Å². The fourth-order valence-corrected chi connectivity index (χ4v) is 2.30. The predicted molar refractivity (Wildman–Crippen MR) is 75.9 cm³/mol. The van der Waals surface area contributed by atoms with Gasteiger partial charge in [0.15, 0.2) is 0 Å². The van der Waals surface area contributed by atoms with Gasteiger partial charge in [0, 0.05) is 0 Å². The van der Waals surface area contributed by atoms with Gasteiger partial charge >= 0.3 is 0 Å². The zero-order valence-corrected chi connectivity index (χ0v) is 11.8. The highest BCUT2D eigenvalue weighted by molar-refractivity contribution is 7.98. The van der Waals surface area contributed by atoms with Gasteiger partial charge in [0.05, 0.1) is 11.0 Å². The number of hydrogen-bond donors (Lipinski definition) is 0. The van der Waals surface area contributed by atoms with Gasteiger partial charge in [-0.2, -0.15) is 0 Å². The zero-order valence-electron chi connectivity index (χ0n) is 11.0. The van der Waals surface area contributed by atoms with Crippen LogP contribution in [0.5, 0.6) is 0 Å². The van der Waals surface area contributed by atoms with E-state index in [0.717, 1.165) is 11.0 Å². The van der Waals surface area contributed by atoms with Crippen LogP contribution in [0.25, 0.3) is 11.0 Å². The summed E-state index contributed by atoms with van der Waals surface area (Å²) in [5, 5.41) is 8.31. The molecule has 0 fully saturated rings. The van der Waals surface area contributed by atoms with Crippen LogP contribution >= 0.6 is 11.8 Å². The number of fused-ring (bicyclic) bond motifs is 1. The molecule has 3 rings (SSSR count). The van der Waals surface area contributed by atoms with Crippen molar-refractivity contribution in [3.05, 3.63) is 46.2 Å². The van der Waals surface area contributed by atoms with E-state index in [-0.39, 0.29) is 12.1 Å². The zero-order chi connectivity index (χ0) is 14.1. The molecule has 7 heteroatoms. The molecule has 0 aliphatic rings. The quantitative estimate of drug-likeness (QED) is 0.685. The number of benzene rings is 1. The van der Waals surface area contributed by atoms with Gasteiger partial charge in [-0.1, -0.05) is 23.9 Å². The topological polar surface area (TPSA) is 73.8 Å². The van der Waals surface area contributed by atoms with Crippen LogP contribution in [0.2, 0.25) is 0 Å². The van der Waals surface area contributed by atoms with E-state index in [1.165, 1.54) is 11.8 Å². The molecule has 2 heterocycles. The Morgan fingerprint density at radius 2 is 2.10 bits per heavy atom. The third-order valence-corrected chi connectivity index (χ3v) is 3.45. The van der Waals surface area contributed by atoms with Crippen molar-refractivity contribution in [3.8, 4) is 0 Å². The predicted octanol–water partition coefficient (Wildman–Crippen LogP) is 1.86. The van der Waals surface area contributed by atoms with E-state index in [9.17, 15) is 4.79 Å². The van der Waals surface area contributed by atoms with Crippen molar-refractivity contribution in [2.75, 3.05) is 6.26 Å². The molecule has 0 N–H and O–H groups in total. The Hall–Kier alpha value is -2.15. The normalized spacial score (nSPS) is 11.1. The molecule has 0 spiro atoms. The number of para-hydroxylation sites is 2. The smallest absolute Gasteiger partial charge is 0.276 e. The Balaban J connectivity index is 2.14. The van der Waals surface area contributed by atoms with E-state index in [0.29, 0.717) is 16.8 Å². The molecule has 0 atom stereocenters. The van der Waals surface area contributed by atoms with Gasteiger partial charge in [0.25, 0.3) is 10.8 Å². The standard InChI is InChI=1S/C13H12N4O2S/c1-8-12(18)17(7-11-15-16-13(19-11)20-2)10-6-4-3-5-9(10)14-8/h3-6H,7H2,1-2H3. The molecule has 0 radical (unpaired) electrons. The minimum Gasteiger partial charge on any atom is -0.414 e. The van der Waals surface area contributed by atoms with Crippen molar-refractivity contribution < 1.29 is 4.42 Å². The second-order valence-electron chi connectivity index (χ2n) is 4.24. The van der Waals surface area contributed by atoms with Gasteiger partial charge < -0.3 is 4.42 Å². The first-order valence-electron chi connectivity index (χ1n) is 6.01. The molecule has 0 aliphatic heterocycles. The van der Waals surface area contributed by atoms with Crippen LogP contribution in [0.4, 0.5) is 0 Å². The Kier molecular flexibility index (Phi) is 3.27. The largest absolute Gasteiger partial charge is 0.414 e. The Morgan fingerprint density at radius 3 is 2.85 bits per heavy atom. The highest BCUT2D eigenvalue weighted by Gasteiger charge is 2.11. The average Bonchev–Trinajstić information content (AvgIpc) is 2.91. The third-order valence-electron chi connectivity index (χ3n) is 2.93. The monoisotopic (exact) mass is 288 g/mol. The van der Waals surface area contributed by atoms with Crippen molar-refractivity contribution in [2.24, 2.45) is 0 Å². The van der Waals surface area contributed by atoms with Crippen LogP contribution in [0.1, 0.15) is 11.6 Å². The van der Waals surface area contributed by atoms with Crippen LogP contribution in [0.15, 0.2) is 38.7 Å². The van der Waals surface area contributed by atoms with Crippen molar-refractivity contribution in [1.82, 2.24) is 19.7 Å². The lowest BCUT2D eigenvalue weighted by Crippen LogP contribution is -2.24. The Bertz CT molecular complexity index is 825. The first-order chi connectivity index (χ1) is 9.69. The lowest BCUT2D eigenvalue weighted by Gasteiger charge is -2.08. The molecule has 102 valence electrons. The molecule has 3 aromatic rings. The SMILES string of the molecule is CSc1nnc(Cn2c(=O)c(C)nc3ccccc32)o1. The summed E-state index contributed by atoms with van der Waals surface area (Å²) in [5.41, 5.74) is 1.84. The fraction of sp³-hybridized carbons (Fsp3) is 0.231. The van der Waals surface area contributed by atoms with E-state index >= 15 is 0 Å². The van der Waals surface area contributed by atoms with Crippen molar-refractivity contribution in [1.29, 1.82) is 0 Å². The molecule has 0 saturated heterocycles. The third kappa shape index (κ3) is 2.20. The van der Waals surface area contributed by atoms with E-state index in [2.05, 4.69) is 15.2 Å². The number of thioether (sulfide) groups is 1. The lowest BCUT2D eigenvalue weighted by atomic mass is 10.3. The van der Waals surface area contributed by atoms with Crippen LogP contribution in [-0.4, -0.2) is 26.0 Å². The molecular weight excluding hydrogens is 276 g/mol. The minimum atomic E-state index is -0.146. The lowest BCUT2D eigenvalue weighted by molar-refractivity contribution is 0.404. The summed E-state index contributed by atoms with van der Waals surface area (Å²) in [7, 11) is 0. The summed E-state index contributed by atoms with van der Waals surface area (Å²) in [6, 6.07) is 7.49. The molecule has 2 aromatic heterocycles. The maximum Gasteiger partial charge on any atom is 0.276 e. The second kappa shape index (κ2) is 5.09. The highest BCUT2D eigenvalue weighted by Crippen LogP contribution is 2.14. The maximum absolute atomic E-state index is 12.3. The average molecular weight is 288 g/mol. The van der Waals surface area contributed by atoms with Crippen molar-refractivity contribution in [3.63, 3.8) is 0 Å². The molecule has 0 saturated carbocycles. The van der Waals surface area contributed by atoms with E-state index in [1.54, 1.807) is 11.5 Å². The molecular formula is C13H12N4O2S. The van der Waals surface area contributed by atoms with Gasteiger partial charge in [-0.25, -0.2) is 4.98 Å². The number of aromatic nitrogens is 4. The molecule has 1 aromatic carbocycles. The number of hydrogen-bond acceptors (Lipinski definition) is 6. The van der Waals surface area contributed by atoms with Gasteiger partial charge in [0.1, 0.15) is 12.2 Å². The Morgan fingerprint density at radius 1 is 1.30 bits per heavy atom. The molecule has 0 bridgehead atoms. The first-order valence-corrected chi connectivity index (χ1v) is 7.24. The van der Waals surface area contributed by atoms with Gasteiger partial charge in [-0.3, -0.25) is 9.36 Å². The summed E-state index contributed by atoms with van der Waals surface area (Å²) in [6.45, 7) is 1.95. The molecule has 20 heavy (non-hydrogen) atoms. The molecule has 6 nitrogen and oxygen atoms in total. The summed E-state index contributed by atoms with van der Waals surface area (Å²) in [6.07, 6.45) is 1.86. The summed E-state index contributed by atoms with van der Waals surface area (Å²) < 4.78 is 7.05. The van der Waals surface area contributed by atoms with Crippen LogP contribution in [0.3, 0.4) is 0 Å². The number of aryl methyl sites for hydroxylation is 1. The number of nitrogens with zero attached hydrogens (tertiary/aromatic N) is 4. The summed E-state index contributed by atoms with van der Waals surface area (Å²) in [5.74, 6) is 0.409. The van der Waals surface area contributed by atoms with Crippen LogP contribution in [-0.2, 0) is 6.54 Å². The highest BCUT2D eigenvalue weighted by atomic mass is 32.2. The Labute approximate surface area is 118 Å². The minimum absolute atomic E-state index is 0.146. The van der Waals surface area contributed by atoms with E-state index in [4.69, 9.17) is 4.42 Å².